The highest BCUT2D eigenvalue weighted by Crippen LogP contribution is 2.28. The molecule has 0 aromatic heterocycles. The molecule has 0 saturated carbocycles. The smallest absolute Gasteiger partial charge is 0.332 e. The zero-order valence-electron chi connectivity index (χ0n) is 26.4. The minimum Gasteiger partial charge on any atom is -0.458 e. The average molecular weight is 650 g/mol. The maximum atomic E-state index is 11.5. The second kappa shape index (κ2) is 25.2. The molecule has 0 radical (unpaired) electrons. The molecule has 0 aliphatic carbocycles. The SMILES string of the molecule is CC(C)(C)OC(=O)COCCOCCOCCOCCOCCOCCOCCOCCNc1ccc([N+](=O)[O-])cc1[N+](=O)[O-]. The van der Waals surface area contributed by atoms with Gasteiger partial charge in [0, 0.05) is 12.6 Å². The van der Waals surface area contributed by atoms with E-state index in [1.165, 1.54) is 12.1 Å². The third kappa shape index (κ3) is 23.0. The number of hydrogen-bond donors (Lipinski definition) is 1. The molecule has 0 aliphatic heterocycles. The van der Waals surface area contributed by atoms with Gasteiger partial charge in [-0.25, -0.2) is 4.79 Å². The Bertz CT molecular complexity index is 961. The molecule has 17 heteroatoms. The van der Waals surface area contributed by atoms with E-state index in [0.717, 1.165) is 6.07 Å². The number of nitrogens with zero attached hydrogens (tertiary/aromatic N) is 2. The standard InChI is InChI=1S/C28H47N3O14/c1-28(2,3)45-27(32)23-44-21-20-43-19-18-42-17-16-41-15-14-40-13-12-39-11-10-38-9-8-37-7-6-29-25-5-4-24(30(33)34)22-26(25)31(35)36/h4-5,22,29H,6-21,23H2,1-3H3. The first kappa shape index (κ1) is 40.0. The number of anilines is 1. The van der Waals surface area contributed by atoms with Gasteiger partial charge in [-0.15, -0.1) is 0 Å². The highest BCUT2D eigenvalue weighted by Gasteiger charge is 2.19. The number of nitro benzene ring substituents is 2. The van der Waals surface area contributed by atoms with Crippen LogP contribution in [0.25, 0.3) is 0 Å². The normalized spacial score (nSPS) is 11.4. The number of benzene rings is 1. The lowest BCUT2D eigenvalue weighted by Crippen LogP contribution is -2.27. The van der Waals surface area contributed by atoms with Crippen LogP contribution in [0, 0.1) is 20.2 Å². The Labute approximate surface area is 262 Å². The maximum absolute atomic E-state index is 11.5. The summed E-state index contributed by atoms with van der Waals surface area (Å²) in [5.74, 6) is -0.403. The fourth-order valence-corrected chi connectivity index (χ4v) is 3.26. The van der Waals surface area contributed by atoms with Gasteiger partial charge in [0.25, 0.3) is 11.4 Å². The lowest BCUT2D eigenvalue weighted by Gasteiger charge is -2.19. The summed E-state index contributed by atoms with van der Waals surface area (Å²) >= 11 is 0. The summed E-state index contributed by atoms with van der Waals surface area (Å²) in [7, 11) is 0. The highest BCUT2D eigenvalue weighted by atomic mass is 16.6. The van der Waals surface area contributed by atoms with Crippen LogP contribution in [-0.2, 0) is 47.4 Å². The van der Waals surface area contributed by atoms with E-state index in [-0.39, 0.29) is 36.8 Å². The van der Waals surface area contributed by atoms with Crippen LogP contribution >= 0.6 is 0 Å². The van der Waals surface area contributed by atoms with Crippen molar-refractivity contribution in [3.63, 3.8) is 0 Å². The van der Waals surface area contributed by atoms with E-state index in [4.69, 9.17) is 42.6 Å². The van der Waals surface area contributed by atoms with Crippen LogP contribution in [-0.4, -0.2) is 134 Å². The predicted octanol–water partition coefficient (Wildman–Crippen LogP) is 2.39. The van der Waals surface area contributed by atoms with Gasteiger partial charge in [0.05, 0.1) is 115 Å². The summed E-state index contributed by atoms with van der Waals surface area (Å²) in [4.78, 5) is 32.0. The zero-order valence-corrected chi connectivity index (χ0v) is 26.4. The van der Waals surface area contributed by atoms with E-state index in [2.05, 4.69) is 5.32 Å². The first-order chi connectivity index (χ1) is 21.6. The lowest BCUT2D eigenvalue weighted by atomic mass is 10.2. The van der Waals surface area contributed by atoms with Crippen molar-refractivity contribution in [2.75, 3.05) is 118 Å². The summed E-state index contributed by atoms with van der Waals surface area (Å²) < 4.78 is 48.2. The molecule has 45 heavy (non-hydrogen) atoms. The van der Waals surface area contributed by atoms with Gasteiger partial charge < -0.3 is 47.9 Å². The molecule has 0 heterocycles. The third-order valence-electron chi connectivity index (χ3n) is 5.19. The first-order valence-electron chi connectivity index (χ1n) is 14.6. The van der Waals surface area contributed by atoms with Gasteiger partial charge >= 0.3 is 5.97 Å². The number of nitro groups is 2. The van der Waals surface area contributed by atoms with E-state index in [9.17, 15) is 25.0 Å². The summed E-state index contributed by atoms with van der Waals surface area (Å²) in [5, 5.41) is 24.8. The molecule has 0 unspecified atom stereocenters. The van der Waals surface area contributed by atoms with E-state index in [0.29, 0.717) is 92.5 Å². The minimum atomic E-state index is -0.685. The largest absolute Gasteiger partial charge is 0.458 e. The van der Waals surface area contributed by atoms with Crippen LogP contribution in [0.4, 0.5) is 17.1 Å². The third-order valence-corrected chi connectivity index (χ3v) is 5.19. The summed E-state index contributed by atoms with van der Waals surface area (Å²) in [6.45, 7) is 11.5. The first-order valence-corrected chi connectivity index (χ1v) is 14.6. The monoisotopic (exact) mass is 649 g/mol. The molecular formula is C28H47N3O14. The number of esters is 1. The Morgan fingerprint density at radius 2 is 1.04 bits per heavy atom. The van der Waals surface area contributed by atoms with Crippen LogP contribution in [0.15, 0.2) is 18.2 Å². The van der Waals surface area contributed by atoms with E-state index >= 15 is 0 Å². The Morgan fingerprint density at radius 3 is 1.42 bits per heavy atom. The van der Waals surface area contributed by atoms with Crippen molar-refractivity contribution in [1.82, 2.24) is 0 Å². The van der Waals surface area contributed by atoms with Crippen molar-refractivity contribution < 1.29 is 57.3 Å². The molecule has 17 nitrogen and oxygen atoms in total. The van der Waals surface area contributed by atoms with Gasteiger partial charge in [-0.1, -0.05) is 0 Å². The number of carbonyl (C=O) groups excluding carboxylic acids is 1. The van der Waals surface area contributed by atoms with Gasteiger partial charge in [-0.2, -0.15) is 0 Å². The second-order valence-electron chi connectivity index (χ2n) is 10.1. The Kier molecular flexibility index (Phi) is 22.4. The molecular weight excluding hydrogens is 602 g/mol. The molecule has 0 aliphatic rings. The topological polar surface area (TPSA) is 198 Å². The molecule has 258 valence electrons. The molecule has 0 atom stereocenters. The molecule has 1 N–H and O–H groups in total. The maximum Gasteiger partial charge on any atom is 0.332 e. The Hall–Kier alpha value is -3.03. The number of nitrogens with one attached hydrogen (secondary N) is 1. The van der Waals surface area contributed by atoms with E-state index < -0.39 is 21.4 Å². The highest BCUT2D eigenvalue weighted by molar-refractivity contribution is 5.71. The van der Waals surface area contributed by atoms with Gasteiger partial charge in [0.15, 0.2) is 0 Å². The number of carbonyl (C=O) groups is 1. The molecule has 0 saturated heterocycles. The van der Waals surface area contributed by atoms with Crippen LogP contribution in [0.5, 0.6) is 0 Å². The quantitative estimate of drug-likeness (QED) is 0.0574. The van der Waals surface area contributed by atoms with Crippen molar-refractivity contribution in [2.45, 2.75) is 26.4 Å². The van der Waals surface area contributed by atoms with Crippen LogP contribution in [0.3, 0.4) is 0 Å². The lowest BCUT2D eigenvalue weighted by molar-refractivity contribution is -0.393. The molecule has 0 amide bonds. The fraction of sp³-hybridized carbons (Fsp3) is 0.750. The number of non-ortho nitro benzene ring substituents is 1. The van der Waals surface area contributed by atoms with Crippen molar-refractivity contribution in [3.8, 4) is 0 Å². The van der Waals surface area contributed by atoms with Crippen molar-refractivity contribution in [2.24, 2.45) is 0 Å². The number of ether oxygens (including phenoxy) is 9. The summed E-state index contributed by atoms with van der Waals surface area (Å²) in [6, 6.07) is 3.41. The van der Waals surface area contributed by atoms with Gasteiger partial charge in [0.1, 0.15) is 17.9 Å². The Morgan fingerprint density at radius 1 is 0.644 bits per heavy atom. The average Bonchev–Trinajstić information content (AvgIpc) is 2.97. The molecule has 1 aromatic rings. The molecule has 0 fully saturated rings. The molecule has 1 aromatic carbocycles. The van der Waals surface area contributed by atoms with Gasteiger partial charge in [-0.05, 0) is 26.8 Å². The molecule has 0 spiro atoms. The number of rotatable bonds is 29. The second-order valence-corrected chi connectivity index (χ2v) is 10.1. The van der Waals surface area contributed by atoms with E-state index in [1.54, 1.807) is 20.8 Å². The minimum absolute atomic E-state index is 0.101. The zero-order chi connectivity index (χ0) is 33.2. The predicted molar refractivity (Wildman–Crippen MR) is 161 cm³/mol. The van der Waals surface area contributed by atoms with Crippen molar-refractivity contribution in [3.05, 3.63) is 38.4 Å². The summed E-state index contributed by atoms with van der Waals surface area (Å²) in [6.07, 6.45) is 0. The van der Waals surface area contributed by atoms with Crippen LogP contribution in [0.2, 0.25) is 0 Å². The van der Waals surface area contributed by atoms with Gasteiger partial charge in [-0.3, -0.25) is 20.2 Å². The summed E-state index contributed by atoms with van der Waals surface area (Å²) in [5.41, 5.74) is -1.06. The Balaban J connectivity index is 1.79. The molecule has 1 rings (SSSR count). The number of hydrogen-bond acceptors (Lipinski definition) is 15. The van der Waals surface area contributed by atoms with Crippen LogP contribution < -0.4 is 5.32 Å². The van der Waals surface area contributed by atoms with Gasteiger partial charge in [0.2, 0.25) is 0 Å². The van der Waals surface area contributed by atoms with Crippen molar-refractivity contribution >= 4 is 23.0 Å². The van der Waals surface area contributed by atoms with Crippen LogP contribution in [0.1, 0.15) is 20.8 Å². The van der Waals surface area contributed by atoms with Crippen molar-refractivity contribution in [1.29, 1.82) is 0 Å². The fourth-order valence-electron chi connectivity index (χ4n) is 3.26. The van der Waals surface area contributed by atoms with E-state index in [1.807, 2.05) is 0 Å². The molecule has 0 bridgehead atoms.